The maximum absolute atomic E-state index is 13.0. The molecule has 0 spiro atoms. The van der Waals surface area contributed by atoms with E-state index in [9.17, 15) is 4.39 Å². The minimum absolute atomic E-state index is 0.286. The molecule has 0 amide bonds. The number of nitriles is 1. The van der Waals surface area contributed by atoms with Crippen molar-refractivity contribution < 1.29 is 4.39 Å². The molecular formula is C13H15FN2. The monoisotopic (exact) mass is 218 g/mol. The van der Waals surface area contributed by atoms with Gasteiger partial charge in [-0.15, -0.1) is 0 Å². The molecule has 0 heterocycles. The van der Waals surface area contributed by atoms with E-state index in [2.05, 4.69) is 25.2 Å². The van der Waals surface area contributed by atoms with Crippen molar-refractivity contribution in [1.82, 2.24) is 5.32 Å². The van der Waals surface area contributed by atoms with E-state index in [4.69, 9.17) is 5.26 Å². The fourth-order valence-corrected chi connectivity index (χ4v) is 1.87. The largest absolute Gasteiger partial charge is 0.309 e. The number of nitrogens with zero attached hydrogens (tertiary/aromatic N) is 1. The summed E-state index contributed by atoms with van der Waals surface area (Å²) in [5.41, 5.74) is 1.64. The highest BCUT2D eigenvalue weighted by Crippen LogP contribution is 2.44. The van der Waals surface area contributed by atoms with Crippen LogP contribution in [-0.2, 0) is 6.54 Å². The molecule has 1 aromatic rings. The summed E-state index contributed by atoms with van der Waals surface area (Å²) in [6.07, 6.45) is 1.14. The summed E-state index contributed by atoms with van der Waals surface area (Å²) in [4.78, 5) is 0. The Kier molecular flexibility index (Phi) is 2.69. The van der Waals surface area contributed by atoms with Gasteiger partial charge in [0.2, 0.25) is 0 Å². The highest BCUT2D eigenvalue weighted by molar-refractivity contribution is 5.37. The number of hydrogen-bond acceptors (Lipinski definition) is 2. The molecule has 0 bridgehead atoms. The van der Waals surface area contributed by atoms with Crippen molar-refractivity contribution in [3.8, 4) is 6.07 Å². The van der Waals surface area contributed by atoms with Crippen LogP contribution in [0.1, 0.15) is 31.4 Å². The van der Waals surface area contributed by atoms with Crippen LogP contribution in [0.3, 0.4) is 0 Å². The first-order chi connectivity index (χ1) is 7.53. The molecule has 1 aliphatic carbocycles. The second-order valence-corrected chi connectivity index (χ2v) is 5.04. The van der Waals surface area contributed by atoms with Crippen molar-refractivity contribution >= 4 is 0 Å². The number of rotatable bonds is 3. The van der Waals surface area contributed by atoms with Crippen molar-refractivity contribution in [1.29, 1.82) is 5.26 Å². The Morgan fingerprint density at radius 1 is 1.56 bits per heavy atom. The summed E-state index contributed by atoms with van der Waals surface area (Å²) in [6.45, 7) is 4.96. The molecule has 1 aromatic carbocycles. The summed E-state index contributed by atoms with van der Waals surface area (Å²) in [7, 11) is 0. The SMILES string of the molecule is CC1(C)CC1NCc1cc(F)ccc1C#N. The van der Waals surface area contributed by atoms with Gasteiger partial charge in [-0.3, -0.25) is 0 Å². The smallest absolute Gasteiger partial charge is 0.123 e. The Labute approximate surface area is 95.1 Å². The third-order valence-electron chi connectivity index (χ3n) is 3.24. The van der Waals surface area contributed by atoms with E-state index in [-0.39, 0.29) is 5.82 Å². The van der Waals surface area contributed by atoms with Gasteiger partial charge in [-0.05, 0) is 35.6 Å². The predicted molar refractivity (Wildman–Crippen MR) is 60.1 cm³/mol. The molecule has 84 valence electrons. The Bertz CT molecular complexity index is 446. The highest BCUT2D eigenvalue weighted by Gasteiger charge is 2.45. The van der Waals surface area contributed by atoms with E-state index in [1.54, 1.807) is 0 Å². The fraction of sp³-hybridized carbons (Fsp3) is 0.462. The Hall–Kier alpha value is -1.40. The molecule has 0 aliphatic heterocycles. The average molecular weight is 218 g/mol. The number of benzene rings is 1. The summed E-state index contributed by atoms with van der Waals surface area (Å²) >= 11 is 0. The Balaban J connectivity index is 2.04. The molecular weight excluding hydrogens is 203 g/mol. The van der Waals surface area contributed by atoms with Gasteiger partial charge in [-0.1, -0.05) is 13.8 Å². The second kappa shape index (κ2) is 3.88. The van der Waals surface area contributed by atoms with Crippen LogP contribution in [0, 0.1) is 22.6 Å². The molecule has 1 atom stereocenters. The fourth-order valence-electron chi connectivity index (χ4n) is 1.87. The van der Waals surface area contributed by atoms with Crippen LogP contribution in [0.15, 0.2) is 18.2 Å². The highest BCUT2D eigenvalue weighted by atomic mass is 19.1. The minimum atomic E-state index is -0.286. The van der Waals surface area contributed by atoms with Gasteiger partial charge in [0.25, 0.3) is 0 Å². The van der Waals surface area contributed by atoms with Crippen LogP contribution >= 0.6 is 0 Å². The topological polar surface area (TPSA) is 35.8 Å². The standard InChI is InChI=1S/C13H15FN2/c1-13(2)6-12(13)16-8-10-5-11(14)4-3-9(10)7-15/h3-5,12,16H,6,8H2,1-2H3. The quantitative estimate of drug-likeness (QED) is 0.846. The first-order valence-corrected chi connectivity index (χ1v) is 5.45. The molecule has 2 rings (SSSR count). The summed E-state index contributed by atoms with van der Waals surface area (Å²) < 4.78 is 13.0. The van der Waals surface area contributed by atoms with Crippen LogP contribution in [-0.4, -0.2) is 6.04 Å². The molecule has 3 heteroatoms. The lowest BCUT2D eigenvalue weighted by Crippen LogP contribution is -2.20. The van der Waals surface area contributed by atoms with Gasteiger partial charge in [0.1, 0.15) is 5.82 Å². The van der Waals surface area contributed by atoms with Crippen LogP contribution in [0.5, 0.6) is 0 Å². The van der Waals surface area contributed by atoms with Crippen molar-refractivity contribution in [2.75, 3.05) is 0 Å². The van der Waals surface area contributed by atoms with E-state index >= 15 is 0 Å². The molecule has 1 saturated carbocycles. The molecule has 0 saturated heterocycles. The van der Waals surface area contributed by atoms with E-state index in [0.29, 0.717) is 23.6 Å². The maximum atomic E-state index is 13.0. The molecule has 1 N–H and O–H groups in total. The normalized spacial score (nSPS) is 21.5. The third kappa shape index (κ3) is 2.23. The molecule has 16 heavy (non-hydrogen) atoms. The van der Waals surface area contributed by atoms with Gasteiger partial charge in [0.05, 0.1) is 11.6 Å². The average Bonchev–Trinajstić information content (AvgIpc) is 2.84. The Morgan fingerprint density at radius 2 is 2.25 bits per heavy atom. The van der Waals surface area contributed by atoms with Crippen molar-refractivity contribution in [3.05, 3.63) is 35.1 Å². The molecule has 1 aliphatic rings. The van der Waals surface area contributed by atoms with Crippen molar-refractivity contribution in [2.24, 2.45) is 5.41 Å². The minimum Gasteiger partial charge on any atom is -0.309 e. The maximum Gasteiger partial charge on any atom is 0.123 e. The van der Waals surface area contributed by atoms with E-state index in [1.807, 2.05) is 0 Å². The predicted octanol–water partition coefficient (Wildman–Crippen LogP) is 2.59. The lowest BCUT2D eigenvalue weighted by atomic mass is 10.1. The first-order valence-electron chi connectivity index (χ1n) is 5.45. The summed E-state index contributed by atoms with van der Waals surface area (Å²) in [5.74, 6) is -0.286. The molecule has 1 unspecified atom stereocenters. The number of nitrogens with one attached hydrogen (secondary N) is 1. The van der Waals surface area contributed by atoms with Gasteiger partial charge in [0.15, 0.2) is 0 Å². The van der Waals surface area contributed by atoms with Crippen LogP contribution < -0.4 is 5.32 Å². The Morgan fingerprint density at radius 3 is 2.81 bits per heavy atom. The van der Waals surface area contributed by atoms with Gasteiger partial charge in [-0.25, -0.2) is 4.39 Å². The van der Waals surface area contributed by atoms with Crippen molar-refractivity contribution in [3.63, 3.8) is 0 Å². The molecule has 2 nitrogen and oxygen atoms in total. The number of hydrogen-bond donors (Lipinski definition) is 1. The zero-order valence-electron chi connectivity index (χ0n) is 9.55. The summed E-state index contributed by atoms with van der Waals surface area (Å²) in [5, 5.41) is 12.2. The third-order valence-corrected chi connectivity index (χ3v) is 3.24. The zero-order valence-corrected chi connectivity index (χ0v) is 9.55. The van der Waals surface area contributed by atoms with Gasteiger partial charge >= 0.3 is 0 Å². The second-order valence-electron chi connectivity index (χ2n) is 5.04. The molecule has 1 fully saturated rings. The van der Waals surface area contributed by atoms with E-state index < -0.39 is 0 Å². The van der Waals surface area contributed by atoms with E-state index in [0.717, 1.165) is 12.0 Å². The van der Waals surface area contributed by atoms with Gasteiger partial charge in [0, 0.05) is 12.6 Å². The van der Waals surface area contributed by atoms with Crippen LogP contribution in [0.4, 0.5) is 4.39 Å². The zero-order chi connectivity index (χ0) is 11.8. The van der Waals surface area contributed by atoms with Gasteiger partial charge in [-0.2, -0.15) is 5.26 Å². The van der Waals surface area contributed by atoms with Crippen LogP contribution in [0.2, 0.25) is 0 Å². The lowest BCUT2D eigenvalue weighted by molar-refractivity contribution is 0.540. The number of halogens is 1. The molecule has 0 radical (unpaired) electrons. The summed E-state index contributed by atoms with van der Waals surface area (Å²) in [6, 6.07) is 6.86. The van der Waals surface area contributed by atoms with Gasteiger partial charge < -0.3 is 5.32 Å². The van der Waals surface area contributed by atoms with Crippen molar-refractivity contribution in [2.45, 2.75) is 32.9 Å². The molecule has 0 aromatic heterocycles. The van der Waals surface area contributed by atoms with E-state index in [1.165, 1.54) is 18.2 Å². The van der Waals surface area contributed by atoms with Crippen LogP contribution in [0.25, 0.3) is 0 Å². The first kappa shape index (κ1) is 11.1. The lowest BCUT2D eigenvalue weighted by Gasteiger charge is -2.08.